The van der Waals surface area contributed by atoms with Gasteiger partial charge in [0.2, 0.25) is 0 Å². The predicted molar refractivity (Wildman–Crippen MR) is 72.7 cm³/mol. The first-order valence-electron chi connectivity index (χ1n) is 6.07. The number of amides is 1. The maximum absolute atomic E-state index is 14.7. The van der Waals surface area contributed by atoms with Crippen LogP contribution in [0.15, 0.2) is 22.7 Å². The number of oxazole rings is 1. The van der Waals surface area contributed by atoms with Crippen LogP contribution in [0, 0.1) is 12.7 Å². The second-order valence-corrected chi connectivity index (χ2v) is 6.17. The molecule has 1 aromatic carbocycles. The van der Waals surface area contributed by atoms with Crippen molar-refractivity contribution in [2.24, 2.45) is 0 Å². The van der Waals surface area contributed by atoms with E-state index in [1.807, 2.05) is 0 Å². The average molecular weight is 327 g/mol. The first-order chi connectivity index (χ1) is 10.3. The van der Waals surface area contributed by atoms with Crippen molar-refractivity contribution in [1.82, 2.24) is 9.71 Å². The Morgan fingerprint density at radius 1 is 1.45 bits per heavy atom. The first-order valence-corrected chi connectivity index (χ1v) is 7.51. The third-order valence-corrected chi connectivity index (χ3v) is 4.43. The fourth-order valence-electron chi connectivity index (χ4n) is 2.11. The van der Waals surface area contributed by atoms with Crippen LogP contribution in [0.3, 0.4) is 0 Å². The number of nitrogens with one attached hydrogen (secondary N) is 1. The number of hydrogen-bond donors (Lipinski definition) is 2. The maximum Gasteiger partial charge on any atom is 0.326 e. The molecule has 10 heteroatoms. The minimum Gasteiger partial charge on any atom is -0.506 e. The fraction of sp³-hybridized carbons (Fsp3) is 0.167. The first kappa shape index (κ1) is 14.3. The van der Waals surface area contributed by atoms with Crippen LogP contribution < -0.4 is 9.03 Å². The highest BCUT2D eigenvalue weighted by molar-refractivity contribution is 7.92. The molecule has 1 amide bonds. The van der Waals surface area contributed by atoms with E-state index in [1.54, 1.807) is 11.6 Å². The Morgan fingerprint density at radius 2 is 2.18 bits per heavy atom. The highest BCUT2D eigenvalue weighted by Crippen LogP contribution is 2.38. The van der Waals surface area contributed by atoms with Gasteiger partial charge in [0.15, 0.2) is 17.5 Å². The summed E-state index contributed by atoms with van der Waals surface area (Å²) in [7, 11) is -4.24. The lowest BCUT2D eigenvalue weighted by molar-refractivity contribution is -0.117. The number of carbonyl (C=O) groups excluding carboxylic acids is 1. The van der Waals surface area contributed by atoms with E-state index in [0.717, 1.165) is 6.07 Å². The number of phenolic OH excluding ortho intramolecular Hbond substituents is 1. The quantitative estimate of drug-likeness (QED) is 0.838. The number of aromatic nitrogens is 1. The standard InChI is InChI=1S/C12H10FN3O5S/c1-6-14-4-9(21-6)7-2-3-8(17)12(11(7)13)16-5-10(18)15-22(16,19)20/h2-4,17H,5H2,1H3,(H,15,18). The molecule has 0 bridgehead atoms. The lowest BCUT2D eigenvalue weighted by Crippen LogP contribution is -2.30. The van der Waals surface area contributed by atoms with Crippen LogP contribution in [0.5, 0.6) is 5.75 Å². The molecule has 116 valence electrons. The number of aromatic hydroxyl groups is 1. The van der Waals surface area contributed by atoms with Crippen LogP contribution >= 0.6 is 0 Å². The van der Waals surface area contributed by atoms with Crippen molar-refractivity contribution in [2.45, 2.75) is 6.92 Å². The van der Waals surface area contributed by atoms with Gasteiger partial charge >= 0.3 is 10.2 Å². The summed E-state index contributed by atoms with van der Waals surface area (Å²) in [6.07, 6.45) is 1.27. The number of anilines is 1. The smallest absolute Gasteiger partial charge is 0.326 e. The number of phenols is 1. The van der Waals surface area contributed by atoms with E-state index in [9.17, 15) is 22.7 Å². The van der Waals surface area contributed by atoms with Gasteiger partial charge in [0.25, 0.3) is 5.91 Å². The number of halogens is 1. The summed E-state index contributed by atoms with van der Waals surface area (Å²) in [6, 6.07) is 2.34. The van der Waals surface area contributed by atoms with E-state index in [2.05, 4.69) is 4.98 Å². The topological polar surface area (TPSA) is 113 Å². The highest BCUT2D eigenvalue weighted by Gasteiger charge is 2.38. The van der Waals surface area contributed by atoms with Gasteiger partial charge in [-0.15, -0.1) is 0 Å². The minimum absolute atomic E-state index is 0.0760. The molecule has 0 spiro atoms. The van der Waals surface area contributed by atoms with E-state index >= 15 is 0 Å². The summed E-state index contributed by atoms with van der Waals surface area (Å²) in [5, 5.41) is 9.82. The average Bonchev–Trinajstić information content (AvgIpc) is 2.93. The highest BCUT2D eigenvalue weighted by atomic mass is 32.2. The molecule has 8 nitrogen and oxygen atoms in total. The van der Waals surface area contributed by atoms with Crippen molar-refractivity contribution in [3.8, 4) is 17.1 Å². The van der Waals surface area contributed by atoms with Crippen molar-refractivity contribution in [1.29, 1.82) is 0 Å². The number of aryl methyl sites for hydroxylation is 1. The minimum atomic E-state index is -4.24. The third kappa shape index (κ3) is 2.17. The Labute approximate surface area is 124 Å². The molecule has 0 unspecified atom stereocenters. The van der Waals surface area contributed by atoms with Crippen molar-refractivity contribution in [3.63, 3.8) is 0 Å². The number of carbonyl (C=O) groups is 1. The Balaban J connectivity index is 2.19. The molecule has 2 N–H and O–H groups in total. The molecule has 0 aliphatic carbocycles. The molecule has 1 fully saturated rings. The van der Waals surface area contributed by atoms with Crippen LogP contribution in [-0.2, 0) is 15.0 Å². The van der Waals surface area contributed by atoms with Crippen molar-refractivity contribution in [3.05, 3.63) is 30.0 Å². The zero-order chi connectivity index (χ0) is 16.1. The van der Waals surface area contributed by atoms with Gasteiger partial charge in [-0.25, -0.2) is 18.4 Å². The molecule has 1 aliphatic heterocycles. The van der Waals surface area contributed by atoms with Gasteiger partial charge in [-0.1, -0.05) is 0 Å². The van der Waals surface area contributed by atoms with Crippen LogP contribution in [0.4, 0.5) is 10.1 Å². The van der Waals surface area contributed by atoms with E-state index in [0.29, 0.717) is 10.2 Å². The van der Waals surface area contributed by atoms with Crippen LogP contribution in [0.25, 0.3) is 11.3 Å². The number of benzene rings is 1. The summed E-state index contributed by atoms with van der Waals surface area (Å²) in [5.41, 5.74) is -0.701. The normalized spacial score (nSPS) is 16.8. The van der Waals surface area contributed by atoms with Gasteiger partial charge < -0.3 is 9.52 Å². The zero-order valence-corrected chi connectivity index (χ0v) is 12.0. The molecule has 3 rings (SSSR count). The summed E-state index contributed by atoms with van der Waals surface area (Å²) in [6.45, 7) is 0.946. The van der Waals surface area contributed by atoms with Crippen LogP contribution in [-0.4, -0.2) is 31.0 Å². The SMILES string of the molecule is Cc1ncc(-c2ccc(O)c(N3CC(=O)NS3(=O)=O)c2F)o1. The van der Waals surface area contributed by atoms with E-state index in [4.69, 9.17) is 4.42 Å². The molecule has 1 saturated heterocycles. The van der Waals surface area contributed by atoms with E-state index in [1.165, 1.54) is 12.3 Å². The fourth-order valence-corrected chi connectivity index (χ4v) is 3.28. The monoisotopic (exact) mass is 327 g/mol. The molecular formula is C12H10FN3O5S. The van der Waals surface area contributed by atoms with Crippen molar-refractivity contribution < 1.29 is 27.1 Å². The van der Waals surface area contributed by atoms with Gasteiger partial charge in [-0.2, -0.15) is 8.42 Å². The van der Waals surface area contributed by atoms with Crippen LogP contribution in [0.1, 0.15) is 5.89 Å². The molecule has 0 saturated carbocycles. The van der Waals surface area contributed by atoms with Gasteiger partial charge in [-0.3, -0.25) is 4.79 Å². The lowest BCUT2D eigenvalue weighted by atomic mass is 10.1. The summed E-state index contributed by atoms with van der Waals surface area (Å²) >= 11 is 0. The van der Waals surface area contributed by atoms with Crippen LogP contribution in [0.2, 0.25) is 0 Å². The van der Waals surface area contributed by atoms with E-state index in [-0.39, 0.29) is 11.3 Å². The Kier molecular flexibility index (Phi) is 3.06. The largest absolute Gasteiger partial charge is 0.506 e. The third-order valence-electron chi connectivity index (χ3n) is 3.05. The Bertz CT molecular complexity index is 877. The summed E-state index contributed by atoms with van der Waals surface area (Å²) in [4.78, 5) is 15.1. The van der Waals surface area contributed by atoms with Gasteiger partial charge in [-0.05, 0) is 12.1 Å². The van der Waals surface area contributed by atoms with Crippen molar-refractivity contribution >= 4 is 21.8 Å². The zero-order valence-electron chi connectivity index (χ0n) is 11.2. The number of nitrogens with zero attached hydrogens (tertiary/aromatic N) is 2. The van der Waals surface area contributed by atoms with E-state index < -0.39 is 39.9 Å². The summed E-state index contributed by atoms with van der Waals surface area (Å²) in [5.74, 6) is -2.09. The Hall–Kier alpha value is -2.62. The molecule has 22 heavy (non-hydrogen) atoms. The van der Waals surface area contributed by atoms with Gasteiger partial charge in [0.1, 0.15) is 18.0 Å². The molecule has 1 aliphatic rings. The molecule has 2 aromatic rings. The molecule has 1 aromatic heterocycles. The Morgan fingerprint density at radius 3 is 2.73 bits per heavy atom. The molecular weight excluding hydrogens is 317 g/mol. The number of rotatable bonds is 2. The lowest BCUT2D eigenvalue weighted by Gasteiger charge is -2.17. The van der Waals surface area contributed by atoms with Crippen molar-refractivity contribution in [2.75, 3.05) is 10.8 Å². The van der Waals surface area contributed by atoms with Gasteiger partial charge in [0.05, 0.1) is 11.8 Å². The molecule has 0 atom stereocenters. The second kappa shape index (κ2) is 4.70. The molecule has 2 heterocycles. The number of hydrogen-bond acceptors (Lipinski definition) is 6. The predicted octanol–water partition coefficient (Wildman–Crippen LogP) is 0.676. The summed E-state index contributed by atoms with van der Waals surface area (Å²) < 4.78 is 45.6. The molecule has 0 radical (unpaired) electrons. The van der Waals surface area contributed by atoms with Gasteiger partial charge in [0, 0.05) is 6.92 Å². The second-order valence-electron chi connectivity index (χ2n) is 4.58. The maximum atomic E-state index is 14.7.